The molecule has 1 amide bonds. The first-order chi connectivity index (χ1) is 13.1. The molecule has 5 heteroatoms. The van der Waals surface area contributed by atoms with Crippen molar-refractivity contribution in [2.75, 3.05) is 19.7 Å². The van der Waals surface area contributed by atoms with Gasteiger partial charge in [0.1, 0.15) is 6.61 Å². The Morgan fingerprint density at radius 2 is 1.67 bits per heavy atom. The van der Waals surface area contributed by atoms with E-state index in [1.165, 1.54) is 22.3 Å². The summed E-state index contributed by atoms with van der Waals surface area (Å²) in [6.07, 6.45) is 0.567. The average molecular weight is 362 g/mol. The summed E-state index contributed by atoms with van der Waals surface area (Å²) in [5, 5.41) is 19.1. The summed E-state index contributed by atoms with van der Waals surface area (Å²) >= 11 is 0. The number of piperidine rings is 1. The van der Waals surface area contributed by atoms with E-state index in [-0.39, 0.29) is 18.4 Å². The lowest BCUT2D eigenvalue weighted by Gasteiger charge is -2.36. The van der Waals surface area contributed by atoms with Crippen LogP contribution >= 0.6 is 0 Å². The summed E-state index contributed by atoms with van der Waals surface area (Å²) in [6.45, 7) is 1.12. The zero-order valence-corrected chi connectivity index (χ0v) is 15.1. The molecule has 0 radical (unpaired) electrons. The molecule has 1 fully saturated rings. The Morgan fingerprint density at radius 3 is 2.22 bits per heavy atom. The fourth-order valence-corrected chi connectivity index (χ4v) is 4.11. The number of benzene rings is 2. The van der Waals surface area contributed by atoms with Crippen molar-refractivity contribution in [3.05, 3.63) is 59.7 Å². The predicted octanol–water partition coefficient (Wildman–Crippen LogP) is 3.68. The molecule has 1 aliphatic heterocycles. The molecule has 0 saturated carbocycles. The van der Waals surface area contributed by atoms with Crippen LogP contribution in [0.5, 0.6) is 0 Å². The van der Waals surface area contributed by atoms with Crippen molar-refractivity contribution in [1.29, 1.82) is 5.26 Å². The summed E-state index contributed by atoms with van der Waals surface area (Å²) in [4.78, 5) is 14.1. The fraction of sp³-hybridized carbons (Fsp3) is 0.364. The average Bonchev–Trinajstić information content (AvgIpc) is 3.01. The summed E-state index contributed by atoms with van der Waals surface area (Å²) < 4.78 is 5.65. The predicted molar refractivity (Wildman–Crippen MR) is 101 cm³/mol. The SMILES string of the molecule is N#CCC1(O)CCN(C(=O)OCC2c3ccccc3-c3ccccc32)CC1. The van der Waals surface area contributed by atoms with Gasteiger partial charge in [-0.05, 0) is 35.1 Å². The third-order valence-electron chi connectivity index (χ3n) is 5.70. The summed E-state index contributed by atoms with van der Waals surface area (Å²) in [7, 11) is 0. The molecule has 1 saturated heterocycles. The van der Waals surface area contributed by atoms with E-state index in [1.54, 1.807) is 4.90 Å². The highest BCUT2D eigenvalue weighted by Crippen LogP contribution is 2.44. The first-order valence-electron chi connectivity index (χ1n) is 9.30. The quantitative estimate of drug-likeness (QED) is 0.904. The van der Waals surface area contributed by atoms with E-state index in [4.69, 9.17) is 10.00 Å². The third-order valence-corrected chi connectivity index (χ3v) is 5.70. The number of nitriles is 1. The number of nitrogens with zero attached hydrogens (tertiary/aromatic N) is 2. The van der Waals surface area contributed by atoms with Crippen LogP contribution in [0, 0.1) is 11.3 Å². The highest BCUT2D eigenvalue weighted by atomic mass is 16.6. The topological polar surface area (TPSA) is 73.6 Å². The van der Waals surface area contributed by atoms with Crippen LogP contribution in [0.15, 0.2) is 48.5 Å². The zero-order valence-electron chi connectivity index (χ0n) is 15.1. The van der Waals surface area contributed by atoms with Gasteiger partial charge in [-0.25, -0.2) is 4.79 Å². The van der Waals surface area contributed by atoms with E-state index in [0.717, 1.165) is 0 Å². The van der Waals surface area contributed by atoms with Gasteiger partial charge < -0.3 is 14.7 Å². The first kappa shape index (κ1) is 17.6. The number of hydrogen-bond donors (Lipinski definition) is 1. The van der Waals surface area contributed by atoms with Gasteiger partial charge >= 0.3 is 6.09 Å². The van der Waals surface area contributed by atoms with Crippen molar-refractivity contribution in [2.45, 2.75) is 30.8 Å². The van der Waals surface area contributed by atoms with Gasteiger partial charge in [0.05, 0.1) is 18.1 Å². The smallest absolute Gasteiger partial charge is 0.409 e. The highest BCUT2D eigenvalue weighted by Gasteiger charge is 2.35. The maximum absolute atomic E-state index is 12.5. The minimum atomic E-state index is -0.977. The van der Waals surface area contributed by atoms with Crippen LogP contribution in [0.4, 0.5) is 4.79 Å². The van der Waals surface area contributed by atoms with Crippen LogP contribution in [0.1, 0.15) is 36.3 Å². The number of amides is 1. The Balaban J connectivity index is 1.42. The lowest BCUT2D eigenvalue weighted by Crippen LogP contribution is -2.46. The first-order valence-corrected chi connectivity index (χ1v) is 9.30. The Kier molecular flexibility index (Phi) is 4.59. The van der Waals surface area contributed by atoms with Gasteiger partial charge in [-0.3, -0.25) is 0 Å². The van der Waals surface area contributed by atoms with Crippen molar-refractivity contribution in [2.24, 2.45) is 0 Å². The van der Waals surface area contributed by atoms with E-state index < -0.39 is 5.60 Å². The maximum atomic E-state index is 12.5. The Morgan fingerprint density at radius 1 is 1.11 bits per heavy atom. The number of hydrogen-bond acceptors (Lipinski definition) is 4. The van der Waals surface area contributed by atoms with Gasteiger partial charge in [-0.1, -0.05) is 48.5 Å². The summed E-state index contributed by atoms with van der Waals surface area (Å²) in [6, 6.07) is 18.5. The zero-order chi connectivity index (χ0) is 18.9. The molecule has 27 heavy (non-hydrogen) atoms. The second-order valence-corrected chi connectivity index (χ2v) is 7.35. The lowest BCUT2D eigenvalue weighted by atomic mass is 9.89. The van der Waals surface area contributed by atoms with E-state index in [1.807, 2.05) is 30.3 Å². The monoisotopic (exact) mass is 362 g/mol. The third kappa shape index (κ3) is 3.29. The van der Waals surface area contributed by atoms with E-state index >= 15 is 0 Å². The summed E-state index contributed by atoms with van der Waals surface area (Å²) in [5.41, 5.74) is 3.80. The van der Waals surface area contributed by atoms with Crippen LogP contribution < -0.4 is 0 Å². The molecule has 138 valence electrons. The van der Waals surface area contributed by atoms with Crippen LogP contribution in [-0.2, 0) is 4.74 Å². The molecule has 1 aliphatic carbocycles. The second-order valence-electron chi connectivity index (χ2n) is 7.35. The van der Waals surface area contributed by atoms with Gasteiger partial charge in [0.25, 0.3) is 0 Å². The van der Waals surface area contributed by atoms with E-state index in [9.17, 15) is 9.90 Å². The summed E-state index contributed by atoms with van der Waals surface area (Å²) in [5.74, 6) is 0.0432. The molecule has 1 heterocycles. The lowest BCUT2D eigenvalue weighted by molar-refractivity contribution is -0.0168. The fourth-order valence-electron chi connectivity index (χ4n) is 4.11. The van der Waals surface area contributed by atoms with Crippen LogP contribution in [0.2, 0.25) is 0 Å². The number of carbonyl (C=O) groups excluding carboxylic acids is 1. The molecule has 0 aromatic heterocycles. The van der Waals surface area contributed by atoms with Crippen LogP contribution in [-0.4, -0.2) is 41.4 Å². The number of carbonyl (C=O) groups is 1. The largest absolute Gasteiger partial charge is 0.448 e. The van der Waals surface area contributed by atoms with Crippen LogP contribution in [0.3, 0.4) is 0 Å². The number of fused-ring (bicyclic) bond motifs is 3. The van der Waals surface area contributed by atoms with Gasteiger partial charge in [-0.15, -0.1) is 0 Å². The molecule has 5 nitrogen and oxygen atoms in total. The molecule has 2 aromatic carbocycles. The van der Waals surface area contributed by atoms with E-state index in [2.05, 4.69) is 24.3 Å². The number of rotatable bonds is 3. The van der Waals surface area contributed by atoms with Crippen molar-refractivity contribution in [3.8, 4) is 17.2 Å². The highest BCUT2D eigenvalue weighted by molar-refractivity contribution is 5.79. The molecule has 0 spiro atoms. The molecular weight excluding hydrogens is 340 g/mol. The standard InChI is InChI=1S/C22H22N2O3/c23-12-9-22(26)10-13-24(14-11-22)21(25)27-15-20-18-7-3-1-5-16(18)17-6-2-4-8-19(17)20/h1-8,20,26H,9-11,13-15H2. The van der Waals surface area contributed by atoms with Gasteiger partial charge in [-0.2, -0.15) is 5.26 Å². The van der Waals surface area contributed by atoms with Crippen molar-refractivity contribution >= 4 is 6.09 Å². The maximum Gasteiger partial charge on any atom is 0.409 e. The number of likely N-dealkylation sites (tertiary alicyclic amines) is 1. The van der Waals surface area contributed by atoms with E-state index in [0.29, 0.717) is 32.5 Å². The van der Waals surface area contributed by atoms with Gasteiger partial charge in [0, 0.05) is 19.0 Å². The Hall–Kier alpha value is -2.84. The molecule has 1 N–H and O–H groups in total. The minimum absolute atomic E-state index is 0.0432. The number of aliphatic hydroxyl groups is 1. The minimum Gasteiger partial charge on any atom is -0.448 e. The van der Waals surface area contributed by atoms with Gasteiger partial charge in [0.15, 0.2) is 0 Å². The molecule has 2 aromatic rings. The molecule has 0 unspecified atom stereocenters. The normalized spacial score (nSPS) is 17.7. The van der Waals surface area contributed by atoms with Crippen LogP contribution in [0.25, 0.3) is 11.1 Å². The van der Waals surface area contributed by atoms with Crippen molar-refractivity contribution < 1.29 is 14.6 Å². The molecule has 4 rings (SSSR count). The molecule has 0 atom stereocenters. The molecule has 0 bridgehead atoms. The van der Waals surface area contributed by atoms with Gasteiger partial charge in [0.2, 0.25) is 0 Å². The Bertz CT molecular complexity index is 849. The molecular formula is C22H22N2O3. The molecule has 2 aliphatic rings. The Labute approximate surface area is 158 Å². The second kappa shape index (κ2) is 7.05. The van der Waals surface area contributed by atoms with Crippen molar-refractivity contribution in [3.63, 3.8) is 0 Å². The van der Waals surface area contributed by atoms with Crippen molar-refractivity contribution in [1.82, 2.24) is 4.90 Å². The number of ether oxygens (including phenoxy) is 1.